The van der Waals surface area contributed by atoms with Gasteiger partial charge in [-0.25, -0.2) is 4.79 Å². The van der Waals surface area contributed by atoms with Crippen LogP contribution in [0.4, 0.5) is 4.79 Å². The number of rotatable bonds is 5. The van der Waals surface area contributed by atoms with Gasteiger partial charge in [0.25, 0.3) is 0 Å². The lowest BCUT2D eigenvalue weighted by Gasteiger charge is -2.13. The molecule has 0 aliphatic carbocycles. The molecule has 0 saturated carbocycles. The first-order valence-corrected chi connectivity index (χ1v) is 4.13. The summed E-state index contributed by atoms with van der Waals surface area (Å²) in [4.78, 5) is 22.0. The monoisotopic (exact) mass is 185 g/mol. The molecule has 0 spiro atoms. The zero-order valence-electron chi connectivity index (χ0n) is 8.00. The van der Waals surface area contributed by atoms with Gasteiger partial charge >= 0.3 is 6.09 Å². The molecule has 0 radical (unpaired) electrons. The molecule has 0 heterocycles. The third kappa shape index (κ3) is 4.30. The van der Waals surface area contributed by atoms with E-state index in [2.05, 4.69) is 16.6 Å². The van der Waals surface area contributed by atoms with E-state index in [4.69, 9.17) is 0 Å². The Labute approximate surface area is 78.0 Å². The van der Waals surface area contributed by atoms with Gasteiger partial charge in [-0.2, -0.15) is 0 Å². The number of hydrogen-bond donors (Lipinski definition) is 1. The summed E-state index contributed by atoms with van der Waals surface area (Å²) < 4.78 is 4.39. The Kier molecular flexibility index (Phi) is 5.59. The Hall–Kier alpha value is -1.32. The molecule has 4 heteroatoms. The molecule has 1 amide bonds. The van der Waals surface area contributed by atoms with E-state index >= 15 is 0 Å². The van der Waals surface area contributed by atoms with Crippen molar-refractivity contribution in [2.45, 2.75) is 25.8 Å². The number of amides is 1. The average Bonchev–Trinajstić information content (AvgIpc) is 2.15. The summed E-state index contributed by atoms with van der Waals surface area (Å²) in [5.41, 5.74) is 0. The third-order valence-electron chi connectivity index (χ3n) is 1.62. The van der Waals surface area contributed by atoms with Crippen LogP contribution in [0.25, 0.3) is 0 Å². The van der Waals surface area contributed by atoms with E-state index in [-0.39, 0.29) is 5.78 Å². The SMILES string of the molecule is C=CC[C@H](NC(=O)OC)C(=O)CC. The molecule has 74 valence electrons. The molecule has 13 heavy (non-hydrogen) atoms. The highest BCUT2D eigenvalue weighted by molar-refractivity contribution is 5.87. The Balaban J connectivity index is 4.16. The minimum atomic E-state index is -0.589. The number of carbonyl (C=O) groups excluding carboxylic acids is 2. The number of ketones is 1. The summed E-state index contributed by atoms with van der Waals surface area (Å²) in [7, 11) is 1.26. The van der Waals surface area contributed by atoms with Gasteiger partial charge in [-0.1, -0.05) is 13.0 Å². The molecule has 0 saturated heterocycles. The van der Waals surface area contributed by atoms with E-state index < -0.39 is 12.1 Å². The quantitative estimate of drug-likeness (QED) is 0.656. The Bertz CT molecular complexity index is 201. The van der Waals surface area contributed by atoms with Crippen LogP contribution >= 0.6 is 0 Å². The fourth-order valence-corrected chi connectivity index (χ4v) is 0.885. The standard InChI is InChI=1S/C9H15NO3/c1-4-6-7(8(11)5-2)10-9(12)13-3/h4,7H,1,5-6H2,2-3H3,(H,10,12)/t7-/m0/s1. The summed E-state index contributed by atoms with van der Waals surface area (Å²) in [5, 5.41) is 2.44. The van der Waals surface area contributed by atoms with E-state index in [0.717, 1.165) is 0 Å². The van der Waals surface area contributed by atoms with Crippen molar-refractivity contribution in [1.82, 2.24) is 5.32 Å². The lowest BCUT2D eigenvalue weighted by atomic mass is 10.1. The van der Waals surface area contributed by atoms with Gasteiger partial charge in [-0.3, -0.25) is 4.79 Å². The molecule has 0 fully saturated rings. The Morgan fingerprint density at radius 2 is 2.23 bits per heavy atom. The third-order valence-corrected chi connectivity index (χ3v) is 1.62. The molecule has 0 rings (SSSR count). The first-order chi connectivity index (χ1) is 6.15. The molecular weight excluding hydrogens is 170 g/mol. The van der Waals surface area contributed by atoms with E-state index in [9.17, 15) is 9.59 Å². The molecule has 1 N–H and O–H groups in total. The van der Waals surface area contributed by atoms with Crippen LogP contribution in [0, 0.1) is 0 Å². The predicted molar refractivity (Wildman–Crippen MR) is 49.4 cm³/mol. The van der Waals surface area contributed by atoms with Gasteiger partial charge in [0.1, 0.15) is 0 Å². The fourth-order valence-electron chi connectivity index (χ4n) is 0.885. The largest absolute Gasteiger partial charge is 0.453 e. The van der Waals surface area contributed by atoms with E-state index in [1.807, 2.05) is 0 Å². The number of ether oxygens (including phenoxy) is 1. The lowest BCUT2D eigenvalue weighted by molar-refractivity contribution is -0.120. The average molecular weight is 185 g/mol. The molecular formula is C9H15NO3. The van der Waals surface area contributed by atoms with Crippen LogP contribution in [0.1, 0.15) is 19.8 Å². The molecule has 0 aromatic rings. The van der Waals surface area contributed by atoms with Crippen LogP contribution in [0.5, 0.6) is 0 Å². The van der Waals surface area contributed by atoms with Crippen LogP contribution in [-0.2, 0) is 9.53 Å². The van der Waals surface area contributed by atoms with Crippen LogP contribution in [-0.4, -0.2) is 25.0 Å². The van der Waals surface area contributed by atoms with Gasteiger partial charge in [0.15, 0.2) is 5.78 Å². The van der Waals surface area contributed by atoms with E-state index in [0.29, 0.717) is 12.8 Å². The predicted octanol–water partition coefficient (Wildman–Crippen LogP) is 1.27. The van der Waals surface area contributed by atoms with Crippen molar-refractivity contribution in [2.75, 3.05) is 7.11 Å². The minimum Gasteiger partial charge on any atom is -0.453 e. The van der Waals surface area contributed by atoms with Crippen molar-refractivity contribution in [3.63, 3.8) is 0 Å². The smallest absolute Gasteiger partial charge is 0.407 e. The molecule has 0 aromatic heterocycles. The zero-order chi connectivity index (χ0) is 10.3. The van der Waals surface area contributed by atoms with Crippen LogP contribution in [0.15, 0.2) is 12.7 Å². The van der Waals surface area contributed by atoms with Crippen molar-refractivity contribution < 1.29 is 14.3 Å². The second kappa shape index (κ2) is 6.22. The number of Topliss-reactive ketones (excluding diaryl/α,β-unsaturated/α-hetero) is 1. The fraction of sp³-hybridized carbons (Fsp3) is 0.556. The Morgan fingerprint density at radius 1 is 1.62 bits per heavy atom. The van der Waals surface area contributed by atoms with Crippen LogP contribution in [0.2, 0.25) is 0 Å². The minimum absolute atomic E-state index is 0.0229. The van der Waals surface area contributed by atoms with Gasteiger partial charge in [0.05, 0.1) is 13.2 Å². The number of carbonyl (C=O) groups is 2. The van der Waals surface area contributed by atoms with Crippen LogP contribution in [0.3, 0.4) is 0 Å². The highest BCUT2D eigenvalue weighted by Crippen LogP contribution is 1.98. The number of methoxy groups -OCH3 is 1. The molecule has 0 aliphatic heterocycles. The van der Waals surface area contributed by atoms with Crippen molar-refractivity contribution >= 4 is 11.9 Å². The molecule has 0 bridgehead atoms. The number of hydrogen-bond acceptors (Lipinski definition) is 3. The topological polar surface area (TPSA) is 55.4 Å². The summed E-state index contributed by atoms with van der Waals surface area (Å²) in [6.07, 6.45) is 1.83. The van der Waals surface area contributed by atoms with Gasteiger partial charge in [0, 0.05) is 6.42 Å². The van der Waals surface area contributed by atoms with Crippen molar-refractivity contribution in [1.29, 1.82) is 0 Å². The Morgan fingerprint density at radius 3 is 2.62 bits per heavy atom. The lowest BCUT2D eigenvalue weighted by Crippen LogP contribution is -2.40. The second-order valence-corrected chi connectivity index (χ2v) is 2.53. The molecule has 0 aromatic carbocycles. The number of alkyl carbamates (subject to hydrolysis) is 1. The normalized spacial score (nSPS) is 11.5. The second-order valence-electron chi connectivity index (χ2n) is 2.53. The molecule has 0 aliphatic rings. The van der Waals surface area contributed by atoms with Crippen molar-refractivity contribution in [2.24, 2.45) is 0 Å². The van der Waals surface area contributed by atoms with E-state index in [1.54, 1.807) is 13.0 Å². The van der Waals surface area contributed by atoms with Gasteiger partial charge < -0.3 is 10.1 Å². The van der Waals surface area contributed by atoms with Gasteiger partial charge in [0.2, 0.25) is 0 Å². The maximum atomic E-state index is 11.2. The molecule has 1 atom stereocenters. The molecule has 4 nitrogen and oxygen atoms in total. The first kappa shape index (κ1) is 11.7. The maximum absolute atomic E-state index is 11.2. The van der Waals surface area contributed by atoms with Crippen LogP contribution < -0.4 is 5.32 Å². The highest BCUT2D eigenvalue weighted by atomic mass is 16.5. The summed E-state index contributed by atoms with van der Waals surface area (Å²) >= 11 is 0. The van der Waals surface area contributed by atoms with Crippen molar-refractivity contribution in [3.05, 3.63) is 12.7 Å². The van der Waals surface area contributed by atoms with E-state index in [1.165, 1.54) is 7.11 Å². The summed E-state index contributed by atoms with van der Waals surface area (Å²) in [5.74, 6) is -0.0229. The highest BCUT2D eigenvalue weighted by Gasteiger charge is 2.17. The summed E-state index contributed by atoms with van der Waals surface area (Å²) in [6.45, 7) is 5.25. The van der Waals surface area contributed by atoms with Gasteiger partial charge in [-0.15, -0.1) is 6.58 Å². The maximum Gasteiger partial charge on any atom is 0.407 e. The zero-order valence-corrected chi connectivity index (χ0v) is 8.00. The number of nitrogens with one attached hydrogen (secondary N) is 1. The van der Waals surface area contributed by atoms with Gasteiger partial charge in [-0.05, 0) is 6.42 Å². The summed E-state index contributed by atoms with van der Waals surface area (Å²) in [6, 6.07) is -0.505. The van der Waals surface area contributed by atoms with Crippen molar-refractivity contribution in [3.8, 4) is 0 Å². The first-order valence-electron chi connectivity index (χ1n) is 4.13. The molecule has 0 unspecified atom stereocenters.